The molecule has 1 aromatic carbocycles. The third kappa shape index (κ3) is 2.44. The first-order valence-corrected chi connectivity index (χ1v) is 6.84. The molecule has 16 heavy (non-hydrogen) atoms. The molecule has 90 valence electrons. The zero-order valence-electron chi connectivity index (χ0n) is 10.1. The molecule has 0 atom stereocenters. The molecular formula is C11H18O4Si. The first kappa shape index (κ1) is 13.2. The monoisotopic (exact) mass is 242 g/mol. The number of hydrogen-bond donors (Lipinski definition) is 0. The van der Waals surface area contributed by atoms with Gasteiger partial charge in [-0.2, -0.15) is 0 Å². The van der Waals surface area contributed by atoms with Gasteiger partial charge in [-0.1, -0.05) is 18.2 Å². The minimum atomic E-state index is -2.80. The molecule has 0 amide bonds. The molecule has 0 aliphatic rings. The molecule has 4 nitrogen and oxygen atoms in total. The second-order valence-corrected chi connectivity index (χ2v) is 5.97. The Bertz CT molecular complexity index is 317. The van der Waals surface area contributed by atoms with Crippen LogP contribution in [0.1, 0.15) is 6.92 Å². The minimum absolute atomic E-state index is 0.596. The Morgan fingerprint density at radius 3 is 2.06 bits per heavy atom. The number of para-hydroxylation sites is 1. The number of benzene rings is 1. The van der Waals surface area contributed by atoms with Gasteiger partial charge in [0.15, 0.2) is 0 Å². The van der Waals surface area contributed by atoms with Gasteiger partial charge in [0.05, 0.1) is 11.8 Å². The summed E-state index contributed by atoms with van der Waals surface area (Å²) < 4.78 is 21.8. The molecule has 0 aliphatic carbocycles. The van der Waals surface area contributed by atoms with Crippen molar-refractivity contribution in [3.63, 3.8) is 0 Å². The predicted octanol–water partition coefficient (Wildman–Crippen LogP) is 1.17. The highest BCUT2D eigenvalue weighted by molar-refractivity contribution is 6.76. The van der Waals surface area contributed by atoms with Crippen molar-refractivity contribution in [2.45, 2.75) is 6.92 Å². The molecule has 0 N–H and O–H groups in total. The van der Waals surface area contributed by atoms with Crippen molar-refractivity contribution in [1.82, 2.24) is 0 Å². The number of hydrogen-bond acceptors (Lipinski definition) is 4. The maximum Gasteiger partial charge on any atom is 0.540 e. The van der Waals surface area contributed by atoms with Crippen molar-refractivity contribution in [3.05, 3.63) is 24.3 Å². The lowest BCUT2D eigenvalue weighted by Crippen LogP contribution is -2.55. The Balaban J connectivity index is 3.17. The van der Waals surface area contributed by atoms with Gasteiger partial charge in [0.1, 0.15) is 5.75 Å². The van der Waals surface area contributed by atoms with Crippen LogP contribution in [-0.2, 0) is 13.3 Å². The van der Waals surface area contributed by atoms with Crippen molar-refractivity contribution in [1.29, 1.82) is 0 Å². The molecule has 0 fully saturated rings. The Labute approximate surface area is 97.5 Å². The summed E-state index contributed by atoms with van der Waals surface area (Å²) in [6, 6.07) is 7.62. The zero-order chi connectivity index (χ0) is 12.0. The fourth-order valence-electron chi connectivity index (χ4n) is 1.58. The van der Waals surface area contributed by atoms with Gasteiger partial charge in [-0.05, 0) is 13.0 Å². The fourth-order valence-corrected chi connectivity index (χ4v) is 3.50. The van der Waals surface area contributed by atoms with Gasteiger partial charge in [-0.15, -0.1) is 0 Å². The molecule has 1 aromatic rings. The van der Waals surface area contributed by atoms with Crippen LogP contribution in [0.15, 0.2) is 24.3 Å². The Hall–Kier alpha value is -0.883. The topological polar surface area (TPSA) is 36.9 Å². The second-order valence-electron chi connectivity index (χ2n) is 3.10. The van der Waals surface area contributed by atoms with Gasteiger partial charge in [0.2, 0.25) is 0 Å². The summed E-state index contributed by atoms with van der Waals surface area (Å²) >= 11 is 0. The summed E-state index contributed by atoms with van der Waals surface area (Å²) in [6.45, 7) is 2.53. The molecule has 0 radical (unpaired) electrons. The van der Waals surface area contributed by atoms with Gasteiger partial charge in [-0.25, -0.2) is 0 Å². The molecule has 0 saturated carbocycles. The highest BCUT2D eigenvalue weighted by atomic mass is 28.4. The van der Waals surface area contributed by atoms with E-state index in [0.29, 0.717) is 6.61 Å². The van der Waals surface area contributed by atoms with Crippen LogP contribution >= 0.6 is 0 Å². The molecule has 0 aliphatic heterocycles. The summed E-state index contributed by atoms with van der Waals surface area (Å²) in [7, 11) is 1.96. The lowest BCUT2D eigenvalue weighted by atomic mass is 10.3. The van der Waals surface area contributed by atoms with E-state index in [-0.39, 0.29) is 0 Å². The summed E-state index contributed by atoms with van der Waals surface area (Å²) in [4.78, 5) is 0. The molecule has 5 heteroatoms. The van der Waals surface area contributed by atoms with Crippen molar-refractivity contribution in [3.8, 4) is 5.75 Å². The van der Waals surface area contributed by atoms with Crippen LogP contribution in [0, 0.1) is 0 Å². The van der Waals surface area contributed by atoms with Crippen LogP contribution in [0.5, 0.6) is 5.75 Å². The SMILES string of the molecule is CCOc1ccccc1[Si](OC)(OC)OC. The number of ether oxygens (including phenoxy) is 1. The van der Waals surface area contributed by atoms with Crippen molar-refractivity contribution >= 4 is 14.0 Å². The van der Waals surface area contributed by atoms with Crippen LogP contribution in [-0.4, -0.2) is 36.7 Å². The molecule has 0 aromatic heterocycles. The maximum absolute atomic E-state index is 5.54. The third-order valence-electron chi connectivity index (χ3n) is 2.32. The average Bonchev–Trinajstić information content (AvgIpc) is 2.34. The first-order valence-electron chi connectivity index (χ1n) is 5.11. The van der Waals surface area contributed by atoms with E-state index in [4.69, 9.17) is 18.0 Å². The Morgan fingerprint density at radius 1 is 1.00 bits per heavy atom. The highest BCUT2D eigenvalue weighted by Crippen LogP contribution is 2.15. The van der Waals surface area contributed by atoms with Crippen LogP contribution < -0.4 is 9.92 Å². The molecule has 1 rings (SSSR count). The van der Waals surface area contributed by atoms with E-state index in [1.165, 1.54) is 0 Å². The predicted molar refractivity (Wildman–Crippen MR) is 64.0 cm³/mol. The van der Waals surface area contributed by atoms with E-state index in [1.807, 2.05) is 31.2 Å². The standard InChI is InChI=1S/C11H18O4Si/c1-5-15-10-8-6-7-9-11(10)16(12-2,13-3)14-4/h6-9H,5H2,1-4H3. The Kier molecular flexibility index (Phi) is 4.95. The molecule has 0 spiro atoms. The second kappa shape index (κ2) is 6.00. The fraction of sp³-hybridized carbons (Fsp3) is 0.455. The summed E-state index contributed by atoms with van der Waals surface area (Å²) in [6.07, 6.45) is 0. The molecule has 0 saturated heterocycles. The summed E-state index contributed by atoms with van der Waals surface area (Å²) in [5.74, 6) is 0.752. The van der Waals surface area contributed by atoms with Crippen LogP contribution in [0.25, 0.3) is 0 Å². The van der Waals surface area contributed by atoms with E-state index in [9.17, 15) is 0 Å². The van der Waals surface area contributed by atoms with E-state index in [2.05, 4.69) is 0 Å². The summed E-state index contributed by atoms with van der Waals surface area (Å²) in [5.41, 5.74) is 0. The Morgan fingerprint density at radius 2 is 1.56 bits per heavy atom. The zero-order valence-corrected chi connectivity index (χ0v) is 11.1. The lowest BCUT2D eigenvalue weighted by molar-refractivity contribution is 0.139. The van der Waals surface area contributed by atoms with Crippen LogP contribution in [0.2, 0.25) is 0 Å². The normalized spacial score (nSPS) is 11.5. The average molecular weight is 242 g/mol. The van der Waals surface area contributed by atoms with Gasteiger partial charge < -0.3 is 18.0 Å². The van der Waals surface area contributed by atoms with Crippen LogP contribution in [0.4, 0.5) is 0 Å². The third-order valence-corrected chi connectivity index (χ3v) is 5.01. The van der Waals surface area contributed by atoms with E-state index < -0.39 is 8.80 Å². The molecular weight excluding hydrogens is 224 g/mol. The largest absolute Gasteiger partial charge is 0.540 e. The van der Waals surface area contributed by atoms with Gasteiger partial charge >= 0.3 is 8.80 Å². The van der Waals surface area contributed by atoms with Crippen LogP contribution in [0.3, 0.4) is 0 Å². The molecule has 0 unspecified atom stereocenters. The van der Waals surface area contributed by atoms with Crippen molar-refractivity contribution in [2.75, 3.05) is 27.9 Å². The smallest absolute Gasteiger partial charge is 0.494 e. The van der Waals surface area contributed by atoms with Gasteiger partial charge in [-0.3, -0.25) is 0 Å². The maximum atomic E-state index is 5.54. The molecule has 0 bridgehead atoms. The van der Waals surface area contributed by atoms with Crippen molar-refractivity contribution < 1.29 is 18.0 Å². The molecule has 0 heterocycles. The number of rotatable bonds is 6. The quantitative estimate of drug-likeness (QED) is 0.702. The first-order chi connectivity index (χ1) is 7.74. The van der Waals surface area contributed by atoms with Crippen molar-refractivity contribution in [2.24, 2.45) is 0 Å². The van der Waals surface area contributed by atoms with E-state index >= 15 is 0 Å². The lowest BCUT2D eigenvalue weighted by Gasteiger charge is -2.26. The van der Waals surface area contributed by atoms with E-state index in [1.54, 1.807) is 21.3 Å². The highest BCUT2D eigenvalue weighted by Gasteiger charge is 2.43. The van der Waals surface area contributed by atoms with Gasteiger partial charge in [0.25, 0.3) is 0 Å². The van der Waals surface area contributed by atoms with E-state index in [0.717, 1.165) is 10.9 Å². The summed E-state index contributed by atoms with van der Waals surface area (Å²) in [5, 5.41) is 0.851. The van der Waals surface area contributed by atoms with Gasteiger partial charge in [0, 0.05) is 21.3 Å². The minimum Gasteiger partial charge on any atom is -0.494 e.